The van der Waals surface area contributed by atoms with Crippen LogP contribution in [0.2, 0.25) is 0 Å². The quantitative estimate of drug-likeness (QED) is 0.551. The summed E-state index contributed by atoms with van der Waals surface area (Å²) in [6.45, 7) is 4.76. The van der Waals surface area contributed by atoms with Crippen LogP contribution >= 0.6 is 0 Å². The van der Waals surface area contributed by atoms with Crippen molar-refractivity contribution < 1.29 is 9.59 Å². The summed E-state index contributed by atoms with van der Waals surface area (Å²) in [4.78, 5) is 21.7. The molecule has 0 unspecified atom stereocenters. The highest BCUT2D eigenvalue weighted by Crippen LogP contribution is 2.00. The summed E-state index contributed by atoms with van der Waals surface area (Å²) in [6, 6.07) is 0. The van der Waals surface area contributed by atoms with Gasteiger partial charge in [-0.3, -0.25) is 14.6 Å². The molecule has 4 nitrogen and oxygen atoms in total. The van der Waals surface area contributed by atoms with E-state index >= 15 is 0 Å². The number of carbonyl (C=O) groups is 2. The Bertz CT molecular complexity index is 189. The minimum absolute atomic E-state index is 0.158. The van der Waals surface area contributed by atoms with E-state index in [-0.39, 0.29) is 12.3 Å². The van der Waals surface area contributed by atoms with E-state index in [9.17, 15) is 9.59 Å². The fourth-order valence-corrected chi connectivity index (χ4v) is 0.978. The summed E-state index contributed by atoms with van der Waals surface area (Å²) in [7, 11) is 0. The van der Waals surface area contributed by atoms with E-state index in [1.54, 1.807) is 0 Å². The van der Waals surface area contributed by atoms with Crippen LogP contribution in [0.15, 0.2) is 0 Å². The molecule has 1 saturated heterocycles. The van der Waals surface area contributed by atoms with Gasteiger partial charge in [0.2, 0.25) is 5.78 Å². The van der Waals surface area contributed by atoms with Gasteiger partial charge >= 0.3 is 5.91 Å². The molecule has 0 aromatic heterocycles. The Morgan fingerprint density at radius 3 is 2.55 bits per heavy atom. The number of Topliss-reactive ketones (excluding diaryl/α,β-unsaturated/α-hetero) is 1. The van der Waals surface area contributed by atoms with Gasteiger partial charge in [-0.25, -0.2) is 5.43 Å². The zero-order valence-electron chi connectivity index (χ0n) is 6.76. The third kappa shape index (κ3) is 1.77. The van der Waals surface area contributed by atoms with Crippen LogP contribution in [0.3, 0.4) is 0 Å². The second-order valence-corrected chi connectivity index (χ2v) is 3.07. The summed E-state index contributed by atoms with van der Waals surface area (Å²) in [5, 5.41) is 1.38. The Kier molecular flexibility index (Phi) is 2.24. The molecular formula is C7H12N2O2. The summed E-state index contributed by atoms with van der Waals surface area (Å²) >= 11 is 0. The van der Waals surface area contributed by atoms with Gasteiger partial charge in [0.15, 0.2) is 0 Å². The molecule has 1 fully saturated rings. The lowest BCUT2D eigenvalue weighted by Crippen LogP contribution is -2.37. The number of nitrogens with one attached hydrogen (secondary N) is 1. The SMILES string of the molecule is CC(C)CN1NCC(=O)C1=O. The third-order valence-corrected chi connectivity index (χ3v) is 1.46. The molecule has 0 spiro atoms. The molecule has 4 heteroatoms. The molecule has 1 rings (SSSR count). The molecule has 62 valence electrons. The van der Waals surface area contributed by atoms with Gasteiger partial charge in [0, 0.05) is 6.54 Å². The number of amides is 1. The number of hydrogen-bond donors (Lipinski definition) is 1. The van der Waals surface area contributed by atoms with Crippen molar-refractivity contribution in [3.05, 3.63) is 0 Å². The van der Waals surface area contributed by atoms with E-state index in [1.807, 2.05) is 13.8 Å². The molecule has 0 aromatic rings. The standard InChI is InChI=1S/C7H12N2O2/c1-5(2)4-9-7(11)6(10)3-8-9/h5,8H,3-4H2,1-2H3. The van der Waals surface area contributed by atoms with E-state index in [1.165, 1.54) is 5.01 Å². The van der Waals surface area contributed by atoms with Gasteiger partial charge in [0.25, 0.3) is 0 Å². The fourth-order valence-electron chi connectivity index (χ4n) is 0.978. The monoisotopic (exact) mass is 156 g/mol. The van der Waals surface area contributed by atoms with Crippen LogP contribution in [0.25, 0.3) is 0 Å². The van der Waals surface area contributed by atoms with Crippen LogP contribution in [0.5, 0.6) is 0 Å². The first-order chi connectivity index (χ1) is 5.11. The lowest BCUT2D eigenvalue weighted by molar-refractivity contribution is -0.140. The van der Waals surface area contributed by atoms with Gasteiger partial charge < -0.3 is 0 Å². The van der Waals surface area contributed by atoms with E-state index < -0.39 is 5.91 Å². The van der Waals surface area contributed by atoms with Crippen LogP contribution in [0.4, 0.5) is 0 Å². The van der Waals surface area contributed by atoms with Gasteiger partial charge in [-0.1, -0.05) is 13.8 Å². The van der Waals surface area contributed by atoms with Crippen molar-refractivity contribution in [3.8, 4) is 0 Å². The maximum absolute atomic E-state index is 11.0. The minimum atomic E-state index is -0.404. The van der Waals surface area contributed by atoms with Gasteiger partial charge in [0.1, 0.15) is 0 Å². The molecule has 0 atom stereocenters. The molecule has 1 aliphatic heterocycles. The normalized spacial score (nSPS) is 18.6. The Labute approximate surface area is 65.5 Å². The number of hydrogen-bond acceptors (Lipinski definition) is 3. The van der Waals surface area contributed by atoms with Crippen molar-refractivity contribution in [2.45, 2.75) is 13.8 Å². The molecule has 0 bridgehead atoms. The fraction of sp³-hybridized carbons (Fsp3) is 0.714. The molecule has 0 saturated carbocycles. The van der Waals surface area contributed by atoms with E-state index in [0.717, 1.165) is 0 Å². The van der Waals surface area contributed by atoms with Crippen molar-refractivity contribution in [3.63, 3.8) is 0 Å². The maximum atomic E-state index is 11.0. The predicted molar refractivity (Wildman–Crippen MR) is 39.6 cm³/mol. The molecule has 1 amide bonds. The lowest BCUT2D eigenvalue weighted by atomic mass is 10.2. The van der Waals surface area contributed by atoms with E-state index in [4.69, 9.17) is 0 Å². The first kappa shape index (κ1) is 8.20. The van der Waals surface area contributed by atoms with Crippen LogP contribution < -0.4 is 5.43 Å². The van der Waals surface area contributed by atoms with Crippen LogP contribution in [0.1, 0.15) is 13.8 Å². The van der Waals surface area contributed by atoms with Crippen LogP contribution in [-0.2, 0) is 9.59 Å². The number of hydrazine groups is 1. The second-order valence-electron chi connectivity index (χ2n) is 3.07. The first-order valence-electron chi connectivity index (χ1n) is 3.69. The zero-order valence-corrected chi connectivity index (χ0v) is 6.76. The third-order valence-electron chi connectivity index (χ3n) is 1.46. The van der Waals surface area contributed by atoms with E-state index in [0.29, 0.717) is 12.5 Å². The Morgan fingerprint density at radius 2 is 2.18 bits per heavy atom. The largest absolute Gasteiger partial charge is 0.305 e. The summed E-state index contributed by atoms with van der Waals surface area (Å²) in [5.41, 5.74) is 2.72. The number of carbonyl (C=O) groups excluding carboxylic acids is 2. The molecule has 0 radical (unpaired) electrons. The van der Waals surface area contributed by atoms with Crippen LogP contribution in [-0.4, -0.2) is 29.8 Å². The van der Waals surface area contributed by atoms with Crippen molar-refractivity contribution in [2.24, 2.45) is 5.92 Å². The summed E-state index contributed by atoms with van der Waals surface area (Å²) < 4.78 is 0. The Hall–Kier alpha value is -0.900. The number of ketones is 1. The Morgan fingerprint density at radius 1 is 1.55 bits per heavy atom. The molecule has 11 heavy (non-hydrogen) atoms. The zero-order chi connectivity index (χ0) is 8.43. The van der Waals surface area contributed by atoms with Gasteiger partial charge in [-0.05, 0) is 5.92 Å². The predicted octanol–water partition coefficient (Wildman–Crippen LogP) is -0.442. The van der Waals surface area contributed by atoms with Crippen LogP contribution in [0, 0.1) is 5.92 Å². The lowest BCUT2D eigenvalue weighted by Gasteiger charge is -2.16. The summed E-state index contributed by atoms with van der Waals surface area (Å²) in [5.74, 6) is -0.360. The highest BCUT2D eigenvalue weighted by Gasteiger charge is 2.28. The molecule has 0 aromatic carbocycles. The molecule has 0 aliphatic carbocycles. The minimum Gasteiger partial charge on any atom is -0.287 e. The molecular weight excluding hydrogens is 144 g/mol. The van der Waals surface area contributed by atoms with Crippen molar-refractivity contribution in [1.29, 1.82) is 0 Å². The first-order valence-corrected chi connectivity index (χ1v) is 3.69. The smallest absolute Gasteiger partial charge is 0.287 e. The molecule has 1 heterocycles. The number of rotatable bonds is 2. The van der Waals surface area contributed by atoms with Gasteiger partial charge in [-0.15, -0.1) is 0 Å². The molecule has 1 aliphatic rings. The average Bonchev–Trinajstić information content (AvgIpc) is 2.18. The van der Waals surface area contributed by atoms with Crippen molar-refractivity contribution >= 4 is 11.7 Å². The van der Waals surface area contributed by atoms with Crippen molar-refractivity contribution in [1.82, 2.24) is 10.4 Å². The average molecular weight is 156 g/mol. The van der Waals surface area contributed by atoms with Gasteiger partial charge in [0.05, 0.1) is 6.54 Å². The van der Waals surface area contributed by atoms with E-state index in [2.05, 4.69) is 5.43 Å². The summed E-state index contributed by atoms with van der Waals surface area (Å²) in [6.07, 6.45) is 0. The maximum Gasteiger partial charge on any atom is 0.305 e. The highest BCUT2D eigenvalue weighted by atomic mass is 16.2. The van der Waals surface area contributed by atoms with Crippen molar-refractivity contribution in [2.75, 3.05) is 13.1 Å². The Balaban J connectivity index is 2.49. The molecule has 1 N–H and O–H groups in total. The topological polar surface area (TPSA) is 49.4 Å². The highest BCUT2D eigenvalue weighted by molar-refractivity contribution is 6.38. The van der Waals surface area contributed by atoms with Gasteiger partial charge in [-0.2, -0.15) is 0 Å². The second kappa shape index (κ2) is 3.00. The number of nitrogens with zero attached hydrogens (tertiary/aromatic N) is 1.